The number of carbonyl (C=O) groups excluding carboxylic acids is 7. The molecule has 0 aliphatic carbocycles. The summed E-state index contributed by atoms with van der Waals surface area (Å²) in [6.07, 6.45) is 6.60. The van der Waals surface area contributed by atoms with Crippen LogP contribution in [0.3, 0.4) is 0 Å². The highest BCUT2D eigenvalue weighted by Crippen LogP contribution is 2.40. The zero-order valence-corrected chi connectivity index (χ0v) is 34.6. The molecule has 0 aromatic carbocycles. The maximum Gasteiger partial charge on any atom is 0.470 e. The number of hydrogen-bond donors (Lipinski definition) is 5. The van der Waals surface area contributed by atoms with E-state index in [9.17, 15) is 53.1 Å². The van der Waals surface area contributed by atoms with Crippen LogP contribution in [-0.4, -0.2) is 140 Å². The van der Waals surface area contributed by atoms with E-state index in [-0.39, 0.29) is 32.4 Å². The third-order valence-corrected chi connectivity index (χ3v) is 11.0. The monoisotopic (exact) mass is 861 g/mol. The van der Waals surface area contributed by atoms with Gasteiger partial charge in [0.05, 0.1) is 19.1 Å². The van der Waals surface area contributed by atoms with Crippen LogP contribution in [0.2, 0.25) is 0 Å². The van der Waals surface area contributed by atoms with E-state index in [2.05, 4.69) is 16.8 Å². The number of carboxylic acid groups (broad SMARTS) is 1. The van der Waals surface area contributed by atoms with Crippen molar-refractivity contribution in [3.8, 4) is 0 Å². The van der Waals surface area contributed by atoms with Crippen LogP contribution >= 0.6 is 7.82 Å². The van der Waals surface area contributed by atoms with E-state index >= 15 is 0 Å². The molecule has 6 atom stereocenters. The largest absolute Gasteiger partial charge is 0.480 e. The number of carboxylic acids is 1. The minimum atomic E-state index is -5.32. The van der Waals surface area contributed by atoms with E-state index in [0.717, 1.165) is 37.0 Å². The number of nitrogens with one attached hydrogen (secondary N) is 1. The summed E-state index contributed by atoms with van der Waals surface area (Å²) < 4.78 is 31.0. The average Bonchev–Trinajstić information content (AvgIpc) is 3.90. The van der Waals surface area contributed by atoms with Crippen molar-refractivity contribution in [2.75, 3.05) is 26.2 Å². The maximum atomic E-state index is 13.1. The molecule has 3 aliphatic heterocycles. The molecule has 3 fully saturated rings. The summed E-state index contributed by atoms with van der Waals surface area (Å²) in [4.78, 5) is 121. The van der Waals surface area contributed by atoms with Crippen LogP contribution < -0.4 is 5.32 Å². The van der Waals surface area contributed by atoms with E-state index in [1.54, 1.807) is 0 Å². The van der Waals surface area contributed by atoms with Gasteiger partial charge in [0.1, 0.15) is 12.6 Å². The van der Waals surface area contributed by atoms with Gasteiger partial charge in [0.25, 0.3) is 0 Å². The molecule has 5 N–H and O–H groups in total. The Morgan fingerprint density at radius 2 is 1.44 bits per heavy atom. The molecule has 21 heteroatoms. The number of likely N-dealkylation sites (tertiary alicyclic amines) is 2. The minimum absolute atomic E-state index is 0.0126. The summed E-state index contributed by atoms with van der Waals surface area (Å²) in [6, 6.07) is -2.40. The highest BCUT2D eigenvalue weighted by molar-refractivity contribution is 7.46. The van der Waals surface area contributed by atoms with Gasteiger partial charge in [-0.15, -0.1) is 0 Å². The molecule has 3 aliphatic rings. The fraction of sp³-hybridized carbons (Fsp3) is 0.789. The van der Waals surface area contributed by atoms with Gasteiger partial charge in [-0.25, -0.2) is 14.2 Å². The summed E-state index contributed by atoms with van der Waals surface area (Å²) in [5, 5.41) is 21.8. The number of ketones is 1. The third-order valence-electron chi connectivity index (χ3n) is 10.5. The zero-order valence-electron chi connectivity index (χ0n) is 33.7. The first-order valence-corrected chi connectivity index (χ1v) is 22.2. The molecule has 0 radical (unpaired) electrons. The van der Waals surface area contributed by atoms with Gasteiger partial charge < -0.3 is 49.3 Å². The van der Waals surface area contributed by atoms with Crippen LogP contribution in [0.1, 0.15) is 129 Å². The number of carbonyl (C=O) groups is 8. The van der Waals surface area contributed by atoms with Gasteiger partial charge in [0, 0.05) is 25.9 Å². The fourth-order valence-corrected chi connectivity index (χ4v) is 7.83. The molecular weight excluding hydrogens is 801 g/mol. The van der Waals surface area contributed by atoms with Crippen molar-refractivity contribution in [1.82, 2.24) is 15.1 Å². The lowest BCUT2D eigenvalue weighted by molar-refractivity contribution is -0.172. The van der Waals surface area contributed by atoms with Crippen molar-refractivity contribution in [2.45, 2.75) is 165 Å². The van der Waals surface area contributed by atoms with Gasteiger partial charge in [0.2, 0.25) is 35.7 Å². The Labute approximate surface area is 343 Å². The van der Waals surface area contributed by atoms with E-state index in [4.69, 9.17) is 24.0 Å². The molecule has 59 heavy (non-hydrogen) atoms. The molecule has 0 spiro atoms. The number of aliphatic hydroxyl groups excluding tert-OH is 1. The molecule has 3 saturated heterocycles. The number of amides is 3. The predicted octanol–water partition coefficient (Wildman–Crippen LogP) is 1.83. The number of Topliss-reactive ketones (excluding diaryl/α,β-unsaturated/α-hetero) is 1. The number of aliphatic hydroxyl groups is 1. The Morgan fingerprint density at radius 1 is 0.831 bits per heavy atom. The number of nitrogens with zero attached hydrogens (tertiary/aromatic N) is 2. The molecule has 3 amide bonds. The highest BCUT2D eigenvalue weighted by atomic mass is 31.2. The fourth-order valence-electron chi connectivity index (χ4n) is 7.36. The van der Waals surface area contributed by atoms with E-state index in [1.807, 2.05) is 0 Å². The number of ether oxygens (including phenoxy) is 3. The van der Waals surface area contributed by atoms with Crippen LogP contribution in [0.5, 0.6) is 0 Å². The second-order valence-corrected chi connectivity index (χ2v) is 16.3. The first-order chi connectivity index (χ1) is 28.0. The Bertz CT molecular complexity index is 1520. The van der Waals surface area contributed by atoms with Crippen LogP contribution in [0.4, 0.5) is 0 Å². The minimum Gasteiger partial charge on any atom is -0.480 e. The topological polar surface area (TPSA) is 290 Å². The number of esters is 3. The summed E-state index contributed by atoms with van der Waals surface area (Å²) in [5.41, 5.74) is 0. The van der Waals surface area contributed by atoms with Gasteiger partial charge >= 0.3 is 31.7 Å². The van der Waals surface area contributed by atoms with Crippen molar-refractivity contribution in [3.63, 3.8) is 0 Å². The van der Waals surface area contributed by atoms with E-state index < -0.39 is 118 Å². The average molecular weight is 862 g/mol. The molecule has 0 aromatic heterocycles. The second-order valence-electron chi connectivity index (χ2n) is 15.1. The lowest BCUT2D eigenvalue weighted by Gasteiger charge is -2.30. The number of phosphoric ester groups is 1. The van der Waals surface area contributed by atoms with Crippen LogP contribution in [-0.2, 0) is 61.7 Å². The molecular formula is C38H60N3O17P. The molecule has 0 aromatic rings. The summed E-state index contributed by atoms with van der Waals surface area (Å²) in [6.45, 7) is 1.03. The molecule has 0 saturated carbocycles. The molecule has 3 heterocycles. The zero-order chi connectivity index (χ0) is 43.5. The van der Waals surface area contributed by atoms with Crippen molar-refractivity contribution in [1.29, 1.82) is 0 Å². The molecule has 20 nitrogen and oxygen atoms in total. The van der Waals surface area contributed by atoms with Gasteiger partial charge in [0.15, 0.2) is 12.1 Å². The maximum absolute atomic E-state index is 13.1. The van der Waals surface area contributed by atoms with Gasteiger partial charge in [-0.3, -0.25) is 33.3 Å². The Hall–Kier alpha value is -3.97. The Morgan fingerprint density at radius 3 is 2.03 bits per heavy atom. The normalized spacial score (nSPS) is 22.3. The highest BCUT2D eigenvalue weighted by Gasteiger charge is 2.52. The van der Waals surface area contributed by atoms with Crippen molar-refractivity contribution in [3.05, 3.63) is 0 Å². The molecule has 334 valence electrons. The third kappa shape index (κ3) is 16.5. The SMILES string of the molecule is CCCCCCCCCCCCCCCC(=O)OC(COC(=O)CCC(=O)NCC(=O)N1CCC[C@H]1C(=O)N1CCC(O)[C@H]1C(=O)O)C1OC(=O)C(OP(=O)(O)O)C1=O. The van der Waals surface area contributed by atoms with E-state index in [1.165, 1.54) is 49.8 Å². The predicted molar refractivity (Wildman–Crippen MR) is 204 cm³/mol. The van der Waals surface area contributed by atoms with Crippen molar-refractivity contribution in [2.24, 2.45) is 0 Å². The van der Waals surface area contributed by atoms with E-state index in [0.29, 0.717) is 12.8 Å². The number of cyclic esters (lactones) is 1. The number of aliphatic carboxylic acids is 1. The van der Waals surface area contributed by atoms with Crippen LogP contribution in [0.25, 0.3) is 0 Å². The molecule has 3 rings (SSSR count). The smallest absolute Gasteiger partial charge is 0.470 e. The standard InChI is InChI=1S/C38H60N3O17P/c1-2-3-4-5-6-7-8-9-10-11-12-13-14-17-31(46)56-27(34-33(47)35(38(51)57-34)58-59(52,53)54)24-55-30(45)19-18-28(43)39-23-29(44)40-21-15-16-25(40)36(48)41-22-20-26(42)32(41)37(49)50/h25-27,32,34-35,42H,2-24H2,1H3,(H,39,43)(H,49,50)(H2,52,53,54)/t25-,26?,27?,32-,34?,35?/m0/s1. The number of hydrogen-bond acceptors (Lipinski definition) is 14. The number of rotatable bonds is 27. The van der Waals surface area contributed by atoms with Crippen LogP contribution in [0, 0.1) is 0 Å². The quantitative estimate of drug-likeness (QED) is 0.0259. The van der Waals surface area contributed by atoms with Gasteiger partial charge in [-0.05, 0) is 25.7 Å². The van der Waals surface area contributed by atoms with Crippen LogP contribution in [0.15, 0.2) is 0 Å². The summed E-state index contributed by atoms with van der Waals surface area (Å²) in [5.74, 6) is -7.86. The summed E-state index contributed by atoms with van der Waals surface area (Å²) in [7, 11) is -5.32. The lowest BCUT2D eigenvalue weighted by atomic mass is 10.0. The Kier molecular flexibility index (Phi) is 20.9. The number of unbranched alkanes of at least 4 members (excludes halogenated alkanes) is 12. The Balaban J connectivity index is 1.44. The summed E-state index contributed by atoms with van der Waals surface area (Å²) >= 11 is 0. The molecule has 0 bridgehead atoms. The number of phosphoric acid groups is 1. The second kappa shape index (κ2) is 25.0. The first-order valence-electron chi connectivity index (χ1n) is 20.6. The van der Waals surface area contributed by atoms with Gasteiger partial charge in [-0.1, -0.05) is 84.0 Å². The van der Waals surface area contributed by atoms with Gasteiger partial charge in [-0.2, -0.15) is 0 Å². The van der Waals surface area contributed by atoms with Crippen molar-refractivity contribution >= 4 is 55.2 Å². The lowest BCUT2D eigenvalue weighted by Crippen LogP contribution is -2.53. The molecule has 4 unspecified atom stereocenters. The van der Waals surface area contributed by atoms with Crippen molar-refractivity contribution < 1.29 is 81.7 Å². The first kappa shape index (κ1) is 49.4.